The molecule has 1 atom stereocenters. The van der Waals surface area contributed by atoms with Gasteiger partial charge in [-0.1, -0.05) is 6.42 Å². The molecule has 1 fully saturated rings. The number of hydrogen-bond acceptors (Lipinski definition) is 4. The molecule has 0 aromatic heterocycles. The summed E-state index contributed by atoms with van der Waals surface area (Å²) in [6.45, 7) is 1.10. The first-order valence-electron chi connectivity index (χ1n) is 6.95. The summed E-state index contributed by atoms with van der Waals surface area (Å²) in [4.78, 5) is 0.322. The van der Waals surface area contributed by atoms with Gasteiger partial charge in [-0.2, -0.15) is 4.31 Å². The van der Waals surface area contributed by atoms with Gasteiger partial charge < -0.3 is 10.5 Å². The third kappa shape index (κ3) is 3.13. The van der Waals surface area contributed by atoms with Crippen LogP contribution in [0.2, 0.25) is 0 Å². The highest BCUT2D eigenvalue weighted by atomic mass is 32.2. The van der Waals surface area contributed by atoms with Gasteiger partial charge in [0.05, 0.1) is 12.0 Å². The number of piperidine rings is 1. The minimum absolute atomic E-state index is 0.0286. The molecule has 0 saturated carbocycles. The molecule has 0 bridgehead atoms. The normalized spacial score (nSPS) is 20.8. The van der Waals surface area contributed by atoms with Crippen molar-refractivity contribution in [2.75, 3.05) is 20.2 Å². The van der Waals surface area contributed by atoms with Crippen molar-refractivity contribution in [3.8, 4) is 5.75 Å². The number of nitrogens with two attached hydrogens (primary N) is 1. The van der Waals surface area contributed by atoms with Gasteiger partial charge in [-0.05, 0) is 50.1 Å². The summed E-state index contributed by atoms with van der Waals surface area (Å²) in [6, 6.07) is 6.58. The molecule has 0 amide bonds. The van der Waals surface area contributed by atoms with E-state index in [9.17, 15) is 8.42 Å². The van der Waals surface area contributed by atoms with Gasteiger partial charge >= 0.3 is 0 Å². The summed E-state index contributed by atoms with van der Waals surface area (Å²) >= 11 is 0. The van der Waals surface area contributed by atoms with Gasteiger partial charge in [0, 0.05) is 12.6 Å². The van der Waals surface area contributed by atoms with Crippen molar-refractivity contribution >= 4 is 10.0 Å². The second-order valence-electron chi connectivity index (χ2n) is 5.02. The topological polar surface area (TPSA) is 72.6 Å². The molecule has 2 rings (SSSR count). The number of sulfonamides is 1. The summed E-state index contributed by atoms with van der Waals surface area (Å²) in [5.41, 5.74) is 5.60. The zero-order valence-corrected chi connectivity index (χ0v) is 12.6. The van der Waals surface area contributed by atoms with Gasteiger partial charge in [-0.25, -0.2) is 8.42 Å². The Bertz CT molecular complexity index is 526. The molecule has 20 heavy (non-hydrogen) atoms. The zero-order chi connectivity index (χ0) is 14.6. The first kappa shape index (κ1) is 15.3. The van der Waals surface area contributed by atoms with E-state index in [0.29, 0.717) is 23.7 Å². The lowest BCUT2D eigenvalue weighted by Gasteiger charge is -2.34. The number of methoxy groups -OCH3 is 1. The largest absolute Gasteiger partial charge is 0.497 e. The fourth-order valence-corrected chi connectivity index (χ4v) is 4.38. The van der Waals surface area contributed by atoms with E-state index in [1.165, 1.54) is 0 Å². The monoisotopic (exact) mass is 298 g/mol. The van der Waals surface area contributed by atoms with Crippen molar-refractivity contribution < 1.29 is 13.2 Å². The van der Waals surface area contributed by atoms with Crippen LogP contribution < -0.4 is 10.5 Å². The van der Waals surface area contributed by atoms with E-state index in [4.69, 9.17) is 10.5 Å². The average molecular weight is 298 g/mol. The van der Waals surface area contributed by atoms with Crippen molar-refractivity contribution in [1.29, 1.82) is 0 Å². The highest BCUT2D eigenvalue weighted by Gasteiger charge is 2.32. The van der Waals surface area contributed by atoms with Crippen LogP contribution in [0.15, 0.2) is 29.2 Å². The quantitative estimate of drug-likeness (QED) is 0.896. The molecule has 5 nitrogen and oxygen atoms in total. The predicted molar refractivity (Wildman–Crippen MR) is 78.2 cm³/mol. The predicted octanol–water partition coefficient (Wildman–Crippen LogP) is 1.59. The van der Waals surface area contributed by atoms with Crippen molar-refractivity contribution in [3.05, 3.63) is 24.3 Å². The van der Waals surface area contributed by atoms with Crippen LogP contribution in [-0.2, 0) is 10.0 Å². The van der Waals surface area contributed by atoms with Crippen LogP contribution >= 0.6 is 0 Å². The Hall–Kier alpha value is -1.11. The van der Waals surface area contributed by atoms with Gasteiger partial charge in [-0.3, -0.25) is 0 Å². The van der Waals surface area contributed by atoms with Crippen LogP contribution in [0.25, 0.3) is 0 Å². The Morgan fingerprint density at radius 3 is 2.60 bits per heavy atom. The second-order valence-corrected chi connectivity index (χ2v) is 6.91. The van der Waals surface area contributed by atoms with E-state index in [2.05, 4.69) is 0 Å². The maximum atomic E-state index is 12.7. The fraction of sp³-hybridized carbons (Fsp3) is 0.571. The SMILES string of the molecule is COc1ccc(S(=O)(=O)N2CCCCC2CCN)cc1. The molecule has 0 aliphatic carbocycles. The smallest absolute Gasteiger partial charge is 0.243 e. The number of hydrogen-bond donors (Lipinski definition) is 1. The lowest BCUT2D eigenvalue weighted by Crippen LogP contribution is -2.44. The molecule has 1 aliphatic heterocycles. The van der Waals surface area contributed by atoms with Crippen LogP contribution in [0, 0.1) is 0 Å². The zero-order valence-electron chi connectivity index (χ0n) is 11.8. The third-order valence-electron chi connectivity index (χ3n) is 3.74. The van der Waals surface area contributed by atoms with E-state index in [1.54, 1.807) is 35.7 Å². The van der Waals surface area contributed by atoms with Crippen molar-refractivity contribution in [2.24, 2.45) is 5.73 Å². The summed E-state index contributed by atoms with van der Waals surface area (Å²) in [7, 11) is -1.88. The number of nitrogens with zero attached hydrogens (tertiary/aromatic N) is 1. The minimum Gasteiger partial charge on any atom is -0.497 e. The van der Waals surface area contributed by atoms with E-state index in [-0.39, 0.29) is 6.04 Å². The van der Waals surface area contributed by atoms with E-state index in [0.717, 1.165) is 25.7 Å². The maximum absolute atomic E-state index is 12.7. The van der Waals surface area contributed by atoms with Crippen LogP contribution in [-0.4, -0.2) is 39.0 Å². The lowest BCUT2D eigenvalue weighted by atomic mass is 10.0. The molecule has 112 valence electrons. The van der Waals surface area contributed by atoms with Crippen LogP contribution in [0.3, 0.4) is 0 Å². The molecule has 0 spiro atoms. The summed E-state index contributed by atoms with van der Waals surface area (Å²) in [5, 5.41) is 0. The Morgan fingerprint density at radius 1 is 1.30 bits per heavy atom. The Balaban J connectivity index is 2.26. The number of benzene rings is 1. The first-order chi connectivity index (χ1) is 9.59. The van der Waals surface area contributed by atoms with Gasteiger partial charge in [-0.15, -0.1) is 0 Å². The van der Waals surface area contributed by atoms with Crippen LogP contribution in [0.5, 0.6) is 5.75 Å². The fourth-order valence-electron chi connectivity index (χ4n) is 2.65. The molecule has 2 N–H and O–H groups in total. The molecule has 1 unspecified atom stereocenters. The first-order valence-corrected chi connectivity index (χ1v) is 8.39. The van der Waals surface area contributed by atoms with Gasteiger partial charge in [0.25, 0.3) is 0 Å². The van der Waals surface area contributed by atoms with Crippen molar-refractivity contribution in [1.82, 2.24) is 4.31 Å². The number of ether oxygens (including phenoxy) is 1. The molecule has 1 aliphatic rings. The highest BCUT2D eigenvalue weighted by molar-refractivity contribution is 7.89. The Labute approximate surface area is 120 Å². The van der Waals surface area contributed by atoms with Crippen LogP contribution in [0.4, 0.5) is 0 Å². The average Bonchev–Trinajstić information content (AvgIpc) is 2.48. The minimum atomic E-state index is -3.44. The summed E-state index contributed by atoms with van der Waals surface area (Å²) in [5.74, 6) is 0.654. The molecule has 1 aromatic carbocycles. The molecule has 1 heterocycles. The van der Waals surface area contributed by atoms with Crippen molar-refractivity contribution in [2.45, 2.75) is 36.6 Å². The molecule has 1 saturated heterocycles. The van der Waals surface area contributed by atoms with E-state index >= 15 is 0 Å². The van der Waals surface area contributed by atoms with Gasteiger partial charge in [0.2, 0.25) is 10.0 Å². The molecule has 0 radical (unpaired) electrons. The summed E-state index contributed by atoms with van der Waals surface area (Å²) < 4.78 is 32.1. The van der Waals surface area contributed by atoms with E-state index in [1.807, 2.05) is 0 Å². The molecular formula is C14H22N2O3S. The Morgan fingerprint density at radius 2 is 2.00 bits per heavy atom. The van der Waals surface area contributed by atoms with Crippen LogP contribution in [0.1, 0.15) is 25.7 Å². The second kappa shape index (κ2) is 6.56. The molecular weight excluding hydrogens is 276 g/mol. The standard InChI is InChI=1S/C14H22N2O3S/c1-19-13-5-7-14(8-6-13)20(17,18)16-11-3-2-4-12(16)9-10-15/h5-8,12H,2-4,9-11,15H2,1H3. The van der Waals surface area contributed by atoms with E-state index < -0.39 is 10.0 Å². The molecule has 1 aromatic rings. The van der Waals surface area contributed by atoms with Crippen molar-refractivity contribution in [3.63, 3.8) is 0 Å². The van der Waals surface area contributed by atoms with Gasteiger partial charge in [0.15, 0.2) is 0 Å². The summed E-state index contributed by atoms with van der Waals surface area (Å²) in [6.07, 6.45) is 3.59. The highest BCUT2D eigenvalue weighted by Crippen LogP contribution is 2.27. The van der Waals surface area contributed by atoms with Gasteiger partial charge in [0.1, 0.15) is 5.75 Å². The Kier molecular flexibility index (Phi) is 5.01. The lowest BCUT2D eigenvalue weighted by molar-refractivity contribution is 0.243. The molecule has 6 heteroatoms. The number of rotatable bonds is 5. The third-order valence-corrected chi connectivity index (χ3v) is 5.71. The maximum Gasteiger partial charge on any atom is 0.243 e.